The minimum atomic E-state index is -0.875. The van der Waals surface area contributed by atoms with Gasteiger partial charge < -0.3 is 15.2 Å². The topological polar surface area (TPSA) is 85.3 Å². The number of benzene rings is 3. The number of allylic oxidation sites excluding steroid dienone is 1. The summed E-state index contributed by atoms with van der Waals surface area (Å²) in [5.41, 5.74) is 6.81. The van der Waals surface area contributed by atoms with Crippen LogP contribution in [0.1, 0.15) is 27.4 Å². The van der Waals surface area contributed by atoms with Gasteiger partial charge in [0.25, 0.3) is 0 Å². The monoisotopic (exact) mass is 454 g/mol. The van der Waals surface area contributed by atoms with Crippen molar-refractivity contribution in [1.29, 1.82) is 5.26 Å². The van der Waals surface area contributed by atoms with Crippen molar-refractivity contribution < 1.29 is 18.7 Å². The highest BCUT2D eigenvalue weighted by Crippen LogP contribution is 2.46. The van der Waals surface area contributed by atoms with E-state index in [1.54, 1.807) is 24.3 Å². The largest absolute Gasteiger partial charge is 0.440 e. The van der Waals surface area contributed by atoms with Crippen molar-refractivity contribution in [1.82, 2.24) is 0 Å². The molecule has 1 heterocycles. The highest BCUT2D eigenvalue weighted by Gasteiger charge is 2.34. The van der Waals surface area contributed by atoms with E-state index in [9.17, 15) is 14.4 Å². The van der Waals surface area contributed by atoms with E-state index in [1.807, 2.05) is 6.07 Å². The van der Waals surface area contributed by atoms with Crippen molar-refractivity contribution in [2.24, 2.45) is 5.73 Å². The molecule has 1 atom stereocenters. The van der Waals surface area contributed by atoms with Crippen molar-refractivity contribution in [2.45, 2.75) is 5.92 Å². The zero-order valence-electron chi connectivity index (χ0n) is 15.7. The molecular weight excluding hydrogens is 442 g/mol. The van der Waals surface area contributed by atoms with Crippen molar-refractivity contribution in [3.8, 4) is 17.6 Å². The number of carbonyl (C=O) groups excluding carboxylic acids is 1. The Labute approximate surface area is 187 Å². The number of nitriles is 1. The van der Waals surface area contributed by atoms with Crippen LogP contribution in [0.4, 0.5) is 4.39 Å². The van der Waals surface area contributed by atoms with E-state index in [4.69, 9.17) is 38.4 Å². The number of fused-ring (bicyclic) bond motifs is 1. The van der Waals surface area contributed by atoms with Gasteiger partial charge in [0, 0.05) is 27.2 Å². The maximum atomic E-state index is 14.7. The molecular formula is C23H13Cl2FN2O3. The number of hydrogen-bond donors (Lipinski definition) is 1. The molecule has 3 aromatic carbocycles. The number of halogens is 3. The highest BCUT2D eigenvalue weighted by molar-refractivity contribution is 6.31. The third-order valence-electron chi connectivity index (χ3n) is 4.75. The van der Waals surface area contributed by atoms with E-state index in [0.29, 0.717) is 10.6 Å². The van der Waals surface area contributed by atoms with E-state index >= 15 is 0 Å². The van der Waals surface area contributed by atoms with Gasteiger partial charge in [0.05, 0.1) is 11.5 Å². The first-order chi connectivity index (χ1) is 14.9. The third kappa shape index (κ3) is 3.93. The van der Waals surface area contributed by atoms with Crippen LogP contribution in [-0.4, -0.2) is 5.97 Å². The number of carbonyl (C=O) groups is 1. The van der Waals surface area contributed by atoms with Gasteiger partial charge in [-0.1, -0.05) is 41.4 Å². The number of rotatable bonds is 3. The SMILES string of the molecule is N#CC1=C(N)Oc2cc(OC(=O)c3cccc(Cl)c3)ccc2C1c1c(F)cccc1Cl. The Kier molecular flexibility index (Phi) is 5.55. The molecule has 0 aliphatic carbocycles. The molecule has 4 rings (SSSR count). The molecule has 8 heteroatoms. The summed E-state index contributed by atoms with van der Waals surface area (Å²) in [5, 5.41) is 10.2. The molecule has 0 saturated heterocycles. The van der Waals surface area contributed by atoms with Crippen molar-refractivity contribution >= 4 is 29.2 Å². The maximum absolute atomic E-state index is 14.7. The van der Waals surface area contributed by atoms with Crippen LogP contribution in [0.15, 0.2) is 72.1 Å². The van der Waals surface area contributed by atoms with Gasteiger partial charge in [0.2, 0.25) is 5.88 Å². The van der Waals surface area contributed by atoms with Gasteiger partial charge in [-0.2, -0.15) is 5.26 Å². The molecule has 1 aliphatic rings. The summed E-state index contributed by atoms with van der Waals surface area (Å²) in [6, 6.07) is 17.1. The minimum absolute atomic E-state index is 0.0307. The fraction of sp³-hybridized carbons (Fsp3) is 0.0435. The summed E-state index contributed by atoms with van der Waals surface area (Å²) in [6.07, 6.45) is 0. The molecule has 1 aliphatic heterocycles. The van der Waals surface area contributed by atoms with Crippen LogP contribution < -0.4 is 15.2 Å². The Morgan fingerprint density at radius 2 is 1.90 bits per heavy atom. The summed E-state index contributed by atoms with van der Waals surface area (Å²) in [5.74, 6) is -1.86. The average molecular weight is 455 g/mol. The zero-order valence-corrected chi connectivity index (χ0v) is 17.2. The summed E-state index contributed by atoms with van der Waals surface area (Å²) in [4.78, 5) is 12.4. The second-order valence-corrected chi connectivity index (χ2v) is 7.50. The number of nitrogens with zero attached hydrogens (tertiary/aromatic N) is 1. The van der Waals surface area contributed by atoms with Crippen LogP contribution in [0.2, 0.25) is 10.0 Å². The van der Waals surface area contributed by atoms with Gasteiger partial charge in [-0.3, -0.25) is 0 Å². The second-order valence-electron chi connectivity index (χ2n) is 6.66. The van der Waals surface area contributed by atoms with Crippen molar-refractivity contribution in [3.05, 3.63) is 105 Å². The molecule has 0 radical (unpaired) electrons. The molecule has 3 aromatic rings. The molecule has 154 valence electrons. The summed E-state index contributed by atoms with van der Waals surface area (Å²) >= 11 is 12.2. The lowest BCUT2D eigenvalue weighted by Gasteiger charge is -2.27. The Bertz CT molecular complexity index is 1260. The van der Waals surface area contributed by atoms with Crippen molar-refractivity contribution in [3.63, 3.8) is 0 Å². The Hall–Kier alpha value is -3.53. The first-order valence-corrected chi connectivity index (χ1v) is 9.78. The fourth-order valence-electron chi connectivity index (χ4n) is 3.36. The maximum Gasteiger partial charge on any atom is 0.343 e. The highest BCUT2D eigenvalue weighted by atomic mass is 35.5. The molecule has 0 fully saturated rings. The Balaban J connectivity index is 1.74. The third-order valence-corrected chi connectivity index (χ3v) is 5.31. The number of ether oxygens (including phenoxy) is 2. The fourth-order valence-corrected chi connectivity index (χ4v) is 3.83. The average Bonchev–Trinajstić information content (AvgIpc) is 2.73. The van der Waals surface area contributed by atoms with Crippen molar-refractivity contribution in [2.75, 3.05) is 0 Å². The molecule has 1 unspecified atom stereocenters. The van der Waals surface area contributed by atoms with Crippen LogP contribution in [0.25, 0.3) is 0 Å². The first kappa shape index (κ1) is 20.7. The predicted octanol–water partition coefficient (Wildman–Crippen LogP) is 5.57. The van der Waals surface area contributed by atoms with Gasteiger partial charge in [0.1, 0.15) is 29.0 Å². The lowest BCUT2D eigenvalue weighted by atomic mass is 9.83. The number of esters is 1. The molecule has 0 amide bonds. The molecule has 5 nitrogen and oxygen atoms in total. The van der Waals surface area contributed by atoms with E-state index in [2.05, 4.69) is 0 Å². The van der Waals surface area contributed by atoms with E-state index in [-0.39, 0.29) is 39.1 Å². The lowest BCUT2D eigenvalue weighted by molar-refractivity contribution is 0.0734. The van der Waals surface area contributed by atoms with Gasteiger partial charge in [0.15, 0.2) is 0 Å². The van der Waals surface area contributed by atoms with Gasteiger partial charge in [-0.05, 0) is 36.4 Å². The number of nitrogens with two attached hydrogens (primary N) is 1. The van der Waals surface area contributed by atoms with Crippen LogP contribution in [0.3, 0.4) is 0 Å². The van der Waals surface area contributed by atoms with E-state index in [0.717, 1.165) is 0 Å². The molecule has 31 heavy (non-hydrogen) atoms. The summed E-state index contributed by atoms with van der Waals surface area (Å²) < 4.78 is 25.6. The standard InChI is InChI=1S/C23H13Cl2FN2O3/c24-13-4-1-3-12(9-13)23(29)30-14-7-8-15-19(10-14)31-22(28)16(11-27)20(15)21-17(25)5-2-6-18(21)26/h1-10,20H,28H2. The van der Waals surface area contributed by atoms with Gasteiger partial charge in [-0.15, -0.1) is 0 Å². The Morgan fingerprint density at radius 3 is 2.61 bits per heavy atom. The summed E-state index contributed by atoms with van der Waals surface area (Å²) in [6.45, 7) is 0. The molecule has 2 N–H and O–H groups in total. The van der Waals surface area contributed by atoms with Gasteiger partial charge in [-0.25, -0.2) is 9.18 Å². The normalized spacial score (nSPS) is 15.0. The van der Waals surface area contributed by atoms with E-state index < -0.39 is 17.7 Å². The van der Waals surface area contributed by atoms with Crippen LogP contribution >= 0.6 is 23.2 Å². The molecule has 0 saturated carbocycles. The quantitative estimate of drug-likeness (QED) is 0.412. The molecule has 0 bridgehead atoms. The minimum Gasteiger partial charge on any atom is -0.440 e. The molecule has 0 spiro atoms. The first-order valence-electron chi connectivity index (χ1n) is 9.02. The van der Waals surface area contributed by atoms with E-state index in [1.165, 1.54) is 36.4 Å². The summed E-state index contributed by atoms with van der Waals surface area (Å²) in [7, 11) is 0. The smallest absolute Gasteiger partial charge is 0.343 e. The second kappa shape index (κ2) is 8.31. The predicted molar refractivity (Wildman–Crippen MR) is 114 cm³/mol. The van der Waals surface area contributed by atoms with Crippen LogP contribution in [0.5, 0.6) is 11.5 Å². The van der Waals surface area contributed by atoms with Gasteiger partial charge >= 0.3 is 5.97 Å². The number of hydrogen-bond acceptors (Lipinski definition) is 5. The molecule has 0 aromatic heterocycles. The van der Waals surface area contributed by atoms with Crippen LogP contribution in [0, 0.1) is 17.1 Å². The lowest BCUT2D eigenvalue weighted by Crippen LogP contribution is -2.22. The Morgan fingerprint density at radius 1 is 1.13 bits per heavy atom. The zero-order chi connectivity index (χ0) is 22.1. The van der Waals surface area contributed by atoms with Crippen LogP contribution in [-0.2, 0) is 0 Å².